The lowest BCUT2D eigenvalue weighted by Crippen LogP contribution is -2.25. The largest absolute Gasteiger partial charge is 0.376 e. The molecule has 2 unspecified atom stereocenters. The lowest BCUT2D eigenvalue weighted by atomic mass is 10.1. The van der Waals surface area contributed by atoms with Gasteiger partial charge in [-0.25, -0.2) is 0 Å². The van der Waals surface area contributed by atoms with E-state index in [2.05, 4.69) is 53.8 Å². The van der Waals surface area contributed by atoms with Crippen LogP contribution >= 0.6 is 22.6 Å². The first-order valence-corrected chi connectivity index (χ1v) is 8.18. The van der Waals surface area contributed by atoms with Crippen LogP contribution in [0.5, 0.6) is 0 Å². The van der Waals surface area contributed by atoms with Crippen LogP contribution in [0, 0.1) is 6.92 Å². The lowest BCUT2D eigenvalue weighted by molar-refractivity contribution is -0.0582. The second-order valence-electron chi connectivity index (χ2n) is 4.88. The van der Waals surface area contributed by atoms with Crippen LogP contribution in [0.25, 0.3) is 0 Å². The van der Waals surface area contributed by atoms with Crippen LogP contribution < -0.4 is 0 Å². The lowest BCUT2D eigenvalue weighted by Gasteiger charge is -2.25. The van der Waals surface area contributed by atoms with Crippen LogP contribution in [0.3, 0.4) is 0 Å². The zero-order valence-corrected chi connectivity index (χ0v) is 13.1. The van der Waals surface area contributed by atoms with Crippen molar-refractivity contribution in [3.63, 3.8) is 0 Å². The summed E-state index contributed by atoms with van der Waals surface area (Å²) >= 11 is 2.39. The monoisotopic (exact) mass is 360 g/mol. The third-order valence-corrected chi connectivity index (χ3v) is 4.11. The molecule has 0 radical (unpaired) electrons. The van der Waals surface area contributed by atoms with Gasteiger partial charge < -0.3 is 9.47 Å². The quantitative estimate of drug-likeness (QED) is 0.583. The molecule has 2 rings (SSSR count). The summed E-state index contributed by atoms with van der Waals surface area (Å²) in [5.74, 6) is 0. The van der Waals surface area contributed by atoms with Gasteiger partial charge in [0.15, 0.2) is 0 Å². The van der Waals surface area contributed by atoms with Gasteiger partial charge in [-0.2, -0.15) is 0 Å². The second-order valence-corrected chi connectivity index (χ2v) is 5.76. The van der Waals surface area contributed by atoms with Crippen LogP contribution in [0.15, 0.2) is 24.3 Å². The number of alkyl halides is 1. The minimum Gasteiger partial charge on any atom is -0.376 e. The van der Waals surface area contributed by atoms with Crippen LogP contribution in [-0.2, 0) is 9.47 Å². The van der Waals surface area contributed by atoms with E-state index in [4.69, 9.17) is 9.47 Å². The molecule has 2 atom stereocenters. The molecule has 100 valence electrons. The van der Waals surface area contributed by atoms with Crippen molar-refractivity contribution in [2.75, 3.05) is 17.6 Å². The van der Waals surface area contributed by atoms with Crippen molar-refractivity contribution in [1.29, 1.82) is 0 Å². The van der Waals surface area contributed by atoms with E-state index in [1.165, 1.54) is 24.0 Å². The predicted octanol–water partition coefficient (Wildman–Crippen LogP) is 4.06. The molecule has 0 saturated carbocycles. The highest BCUT2D eigenvalue weighted by atomic mass is 127. The van der Waals surface area contributed by atoms with Crippen molar-refractivity contribution in [3.8, 4) is 0 Å². The SMILES string of the molecule is Cc1cccc(C(CI)OCC2CCCCO2)c1. The van der Waals surface area contributed by atoms with Crippen molar-refractivity contribution >= 4 is 22.6 Å². The maximum Gasteiger partial charge on any atom is 0.0915 e. The highest BCUT2D eigenvalue weighted by Crippen LogP contribution is 2.23. The fourth-order valence-corrected chi connectivity index (χ4v) is 3.03. The van der Waals surface area contributed by atoms with Crippen molar-refractivity contribution in [2.24, 2.45) is 0 Å². The number of rotatable bonds is 5. The molecule has 1 aliphatic rings. The van der Waals surface area contributed by atoms with Gasteiger partial charge in [0.25, 0.3) is 0 Å². The van der Waals surface area contributed by atoms with Gasteiger partial charge >= 0.3 is 0 Å². The Morgan fingerprint density at radius 3 is 3.00 bits per heavy atom. The summed E-state index contributed by atoms with van der Waals surface area (Å²) in [6, 6.07) is 8.59. The standard InChI is InChI=1S/C15H21IO2/c1-12-5-4-6-13(9-12)15(10-16)18-11-14-7-2-3-8-17-14/h4-6,9,14-15H,2-3,7-8,10-11H2,1H3. The Morgan fingerprint density at radius 1 is 1.44 bits per heavy atom. The van der Waals surface area contributed by atoms with E-state index >= 15 is 0 Å². The predicted molar refractivity (Wildman–Crippen MR) is 82.4 cm³/mol. The normalized spacial score (nSPS) is 21.8. The zero-order chi connectivity index (χ0) is 12.8. The van der Waals surface area contributed by atoms with Crippen molar-refractivity contribution in [2.45, 2.75) is 38.4 Å². The number of benzene rings is 1. The summed E-state index contributed by atoms with van der Waals surface area (Å²) in [7, 11) is 0. The maximum atomic E-state index is 6.04. The third-order valence-electron chi connectivity index (χ3n) is 3.31. The first-order chi connectivity index (χ1) is 8.79. The van der Waals surface area contributed by atoms with E-state index in [0.717, 1.165) is 24.1 Å². The molecule has 1 heterocycles. The molecule has 0 bridgehead atoms. The van der Waals surface area contributed by atoms with Crippen LogP contribution in [0.1, 0.15) is 36.5 Å². The number of hydrogen-bond donors (Lipinski definition) is 0. The van der Waals surface area contributed by atoms with Gasteiger partial charge in [-0.15, -0.1) is 0 Å². The Bertz CT molecular complexity index is 361. The van der Waals surface area contributed by atoms with Gasteiger partial charge in [0.2, 0.25) is 0 Å². The summed E-state index contributed by atoms with van der Waals surface area (Å²) < 4.78 is 12.7. The van der Waals surface area contributed by atoms with Gasteiger partial charge in [0, 0.05) is 11.0 Å². The fourth-order valence-electron chi connectivity index (χ4n) is 2.26. The molecule has 3 heteroatoms. The molecule has 1 aromatic carbocycles. The van der Waals surface area contributed by atoms with Crippen molar-refractivity contribution in [3.05, 3.63) is 35.4 Å². The second kappa shape index (κ2) is 7.46. The Morgan fingerprint density at radius 2 is 2.33 bits per heavy atom. The molecule has 0 N–H and O–H groups in total. The average Bonchev–Trinajstić information content (AvgIpc) is 2.41. The first-order valence-electron chi connectivity index (χ1n) is 6.65. The highest BCUT2D eigenvalue weighted by molar-refractivity contribution is 14.1. The van der Waals surface area contributed by atoms with E-state index < -0.39 is 0 Å². The molecule has 0 spiro atoms. The molecular weight excluding hydrogens is 339 g/mol. The van der Waals surface area contributed by atoms with E-state index in [0.29, 0.717) is 6.10 Å². The van der Waals surface area contributed by atoms with E-state index in [1.807, 2.05) is 0 Å². The van der Waals surface area contributed by atoms with Gasteiger partial charge in [-0.1, -0.05) is 52.4 Å². The number of hydrogen-bond acceptors (Lipinski definition) is 2. The molecule has 18 heavy (non-hydrogen) atoms. The molecule has 1 aliphatic heterocycles. The average molecular weight is 360 g/mol. The molecular formula is C15H21IO2. The fraction of sp³-hybridized carbons (Fsp3) is 0.600. The van der Waals surface area contributed by atoms with Crippen LogP contribution in [0.4, 0.5) is 0 Å². The summed E-state index contributed by atoms with van der Waals surface area (Å²) in [5.41, 5.74) is 2.57. The summed E-state index contributed by atoms with van der Waals surface area (Å²) in [6.45, 7) is 3.74. The zero-order valence-electron chi connectivity index (χ0n) is 10.9. The Labute approximate surface area is 123 Å². The van der Waals surface area contributed by atoms with Gasteiger partial charge in [0.05, 0.1) is 18.8 Å². The molecule has 2 nitrogen and oxygen atoms in total. The first kappa shape index (κ1) is 14.3. The van der Waals surface area contributed by atoms with Crippen molar-refractivity contribution in [1.82, 2.24) is 0 Å². The summed E-state index contributed by atoms with van der Waals surface area (Å²) in [4.78, 5) is 0. The van der Waals surface area contributed by atoms with Gasteiger partial charge in [-0.3, -0.25) is 0 Å². The van der Waals surface area contributed by atoms with E-state index in [-0.39, 0.29) is 6.10 Å². The molecule has 0 aliphatic carbocycles. The molecule has 1 aromatic rings. The number of aryl methyl sites for hydroxylation is 1. The highest BCUT2D eigenvalue weighted by Gasteiger charge is 2.17. The third kappa shape index (κ3) is 4.21. The number of halogens is 1. The van der Waals surface area contributed by atoms with Crippen LogP contribution in [-0.4, -0.2) is 23.7 Å². The molecule has 0 amide bonds. The summed E-state index contributed by atoms with van der Waals surface area (Å²) in [6.07, 6.45) is 4.10. The molecule has 1 saturated heterocycles. The summed E-state index contributed by atoms with van der Waals surface area (Å²) in [5, 5.41) is 0. The molecule has 0 aromatic heterocycles. The Hall–Kier alpha value is -0.130. The Balaban J connectivity index is 1.88. The molecule has 1 fully saturated rings. The van der Waals surface area contributed by atoms with Gasteiger partial charge in [-0.05, 0) is 31.7 Å². The maximum absolute atomic E-state index is 6.04. The smallest absolute Gasteiger partial charge is 0.0915 e. The van der Waals surface area contributed by atoms with Gasteiger partial charge in [0.1, 0.15) is 0 Å². The minimum absolute atomic E-state index is 0.191. The van der Waals surface area contributed by atoms with E-state index in [9.17, 15) is 0 Å². The number of ether oxygens (including phenoxy) is 2. The Kier molecular flexibility index (Phi) is 5.92. The topological polar surface area (TPSA) is 18.5 Å². The van der Waals surface area contributed by atoms with E-state index in [1.54, 1.807) is 0 Å². The van der Waals surface area contributed by atoms with Crippen LogP contribution in [0.2, 0.25) is 0 Å². The van der Waals surface area contributed by atoms with Crippen molar-refractivity contribution < 1.29 is 9.47 Å². The minimum atomic E-state index is 0.191.